The molecule has 2 N–H and O–H groups in total. The van der Waals surface area contributed by atoms with Crippen LogP contribution < -0.4 is 20.1 Å². The second-order valence-corrected chi connectivity index (χ2v) is 6.69. The van der Waals surface area contributed by atoms with Crippen LogP contribution in [0.3, 0.4) is 0 Å². The van der Waals surface area contributed by atoms with E-state index in [1.54, 1.807) is 21.3 Å². The van der Waals surface area contributed by atoms with Gasteiger partial charge in [0.1, 0.15) is 5.82 Å². The molecule has 0 amide bonds. The fourth-order valence-corrected chi connectivity index (χ4v) is 3.32. The summed E-state index contributed by atoms with van der Waals surface area (Å²) in [7, 11) is 5.05. The number of nitrogens with zero attached hydrogens (tertiary/aromatic N) is 3. The number of aryl methyl sites for hydroxylation is 2. The molecule has 162 valence electrons. The van der Waals surface area contributed by atoms with E-state index in [1.165, 1.54) is 5.52 Å². The van der Waals surface area contributed by atoms with E-state index < -0.39 is 0 Å². The van der Waals surface area contributed by atoms with E-state index in [0.29, 0.717) is 6.54 Å². The minimum absolute atomic E-state index is 0. The summed E-state index contributed by atoms with van der Waals surface area (Å²) in [6.45, 7) is 4.42. The Morgan fingerprint density at radius 2 is 1.83 bits per heavy atom. The molecule has 1 aromatic heterocycles. The van der Waals surface area contributed by atoms with E-state index in [-0.39, 0.29) is 24.0 Å². The van der Waals surface area contributed by atoms with E-state index >= 15 is 0 Å². The molecule has 8 heteroatoms. The number of nitrogens with one attached hydrogen (secondary N) is 2. The number of ether oxygens (including phenoxy) is 2. The molecular formula is C22H30IN5O2. The number of aliphatic imine (C=N–C) groups is 1. The second kappa shape index (κ2) is 11.6. The van der Waals surface area contributed by atoms with Gasteiger partial charge in [0.25, 0.3) is 0 Å². The monoisotopic (exact) mass is 523 g/mol. The second-order valence-electron chi connectivity index (χ2n) is 6.69. The number of hydrogen-bond donors (Lipinski definition) is 2. The van der Waals surface area contributed by atoms with Crippen LogP contribution >= 0.6 is 24.0 Å². The lowest BCUT2D eigenvalue weighted by molar-refractivity contribution is 0.354. The number of hydrogen-bond acceptors (Lipinski definition) is 4. The van der Waals surface area contributed by atoms with Crippen LogP contribution in [-0.2, 0) is 13.1 Å². The molecule has 0 radical (unpaired) electrons. The Labute approximate surface area is 194 Å². The van der Waals surface area contributed by atoms with Crippen LogP contribution in [0.2, 0.25) is 0 Å². The Balaban J connectivity index is 0.00000320. The highest BCUT2D eigenvalue weighted by Gasteiger charge is 2.07. The number of aromatic nitrogens is 2. The van der Waals surface area contributed by atoms with Crippen molar-refractivity contribution in [2.24, 2.45) is 4.99 Å². The average Bonchev–Trinajstić information content (AvgIpc) is 3.08. The molecule has 0 aliphatic carbocycles. The van der Waals surface area contributed by atoms with Crippen molar-refractivity contribution < 1.29 is 9.47 Å². The summed E-state index contributed by atoms with van der Waals surface area (Å²) in [5, 5.41) is 6.70. The van der Waals surface area contributed by atoms with Crippen LogP contribution in [-0.4, -0.2) is 43.3 Å². The zero-order valence-corrected chi connectivity index (χ0v) is 20.3. The molecule has 30 heavy (non-hydrogen) atoms. The first-order valence-corrected chi connectivity index (χ1v) is 9.73. The third-order valence-corrected chi connectivity index (χ3v) is 4.83. The molecule has 0 spiro atoms. The highest BCUT2D eigenvalue weighted by Crippen LogP contribution is 2.27. The third kappa shape index (κ3) is 5.78. The Morgan fingerprint density at radius 3 is 2.57 bits per heavy atom. The average molecular weight is 523 g/mol. The first-order valence-electron chi connectivity index (χ1n) is 9.73. The molecule has 0 aliphatic rings. The molecule has 0 fully saturated rings. The number of imidazole rings is 1. The van der Waals surface area contributed by atoms with Crippen LogP contribution in [0, 0.1) is 6.92 Å². The number of benzene rings is 2. The molecule has 2 aromatic carbocycles. The summed E-state index contributed by atoms with van der Waals surface area (Å²) < 4.78 is 12.9. The van der Waals surface area contributed by atoms with Crippen molar-refractivity contribution in [1.82, 2.24) is 20.2 Å². The lowest BCUT2D eigenvalue weighted by Crippen LogP contribution is -2.37. The van der Waals surface area contributed by atoms with Crippen molar-refractivity contribution >= 4 is 41.0 Å². The van der Waals surface area contributed by atoms with E-state index in [9.17, 15) is 0 Å². The molecule has 0 bridgehead atoms. The van der Waals surface area contributed by atoms with Crippen molar-refractivity contribution in [3.05, 3.63) is 53.9 Å². The van der Waals surface area contributed by atoms with Gasteiger partial charge in [-0.25, -0.2) is 4.98 Å². The van der Waals surface area contributed by atoms with Crippen molar-refractivity contribution in [2.45, 2.75) is 26.4 Å². The minimum Gasteiger partial charge on any atom is -0.493 e. The maximum atomic E-state index is 5.36. The van der Waals surface area contributed by atoms with Gasteiger partial charge in [-0.15, -0.1) is 24.0 Å². The standard InChI is InChI=1S/C22H29N5O2.HI/c1-16-26-18-8-5-6-9-19(18)27(16)13-7-12-24-22(23-2)25-15-17-10-11-20(28-3)21(14-17)29-4;/h5-6,8-11,14H,7,12-13,15H2,1-4H3,(H2,23,24,25);1H. The molecule has 0 aliphatic heterocycles. The van der Waals surface area contributed by atoms with Gasteiger partial charge < -0.3 is 24.7 Å². The van der Waals surface area contributed by atoms with Crippen LogP contribution in [0.15, 0.2) is 47.5 Å². The van der Waals surface area contributed by atoms with Crippen LogP contribution in [0.25, 0.3) is 11.0 Å². The van der Waals surface area contributed by atoms with Gasteiger partial charge in [-0.1, -0.05) is 18.2 Å². The summed E-state index contributed by atoms with van der Waals surface area (Å²) in [6, 6.07) is 14.1. The fraction of sp³-hybridized carbons (Fsp3) is 0.364. The molecule has 1 heterocycles. The van der Waals surface area contributed by atoms with Gasteiger partial charge in [0.05, 0.1) is 25.3 Å². The number of fused-ring (bicyclic) bond motifs is 1. The quantitative estimate of drug-likeness (QED) is 0.204. The Morgan fingerprint density at radius 1 is 1.07 bits per heavy atom. The van der Waals surface area contributed by atoms with E-state index in [4.69, 9.17) is 9.47 Å². The lowest BCUT2D eigenvalue weighted by atomic mass is 10.2. The molecule has 3 rings (SSSR count). The van der Waals surface area contributed by atoms with Gasteiger partial charge in [0.15, 0.2) is 17.5 Å². The number of guanidine groups is 1. The van der Waals surface area contributed by atoms with Crippen molar-refractivity contribution in [2.75, 3.05) is 27.8 Å². The highest BCUT2D eigenvalue weighted by atomic mass is 127. The lowest BCUT2D eigenvalue weighted by Gasteiger charge is -2.14. The number of halogens is 1. The van der Waals surface area contributed by atoms with Crippen LogP contribution in [0.1, 0.15) is 17.8 Å². The van der Waals surface area contributed by atoms with Crippen molar-refractivity contribution in [1.29, 1.82) is 0 Å². The number of rotatable bonds is 8. The number of methoxy groups -OCH3 is 2. The predicted molar refractivity (Wildman–Crippen MR) is 132 cm³/mol. The van der Waals surface area contributed by atoms with Gasteiger partial charge in [0.2, 0.25) is 0 Å². The summed E-state index contributed by atoms with van der Waals surface area (Å²) in [4.78, 5) is 8.92. The van der Waals surface area contributed by atoms with E-state index in [0.717, 1.165) is 53.9 Å². The van der Waals surface area contributed by atoms with Crippen molar-refractivity contribution in [3.8, 4) is 11.5 Å². The van der Waals surface area contributed by atoms with Gasteiger partial charge >= 0.3 is 0 Å². The summed E-state index contributed by atoms with van der Waals surface area (Å²) in [5.74, 6) is 3.26. The number of para-hydroxylation sites is 2. The molecule has 3 aromatic rings. The Bertz CT molecular complexity index is 987. The first kappa shape index (κ1) is 23.8. The summed E-state index contributed by atoms with van der Waals surface area (Å²) in [5.41, 5.74) is 3.32. The third-order valence-electron chi connectivity index (χ3n) is 4.83. The van der Waals surface area contributed by atoms with Crippen LogP contribution in [0.5, 0.6) is 11.5 Å². The molecule has 0 saturated heterocycles. The molecule has 0 saturated carbocycles. The van der Waals surface area contributed by atoms with Crippen molar-refractivity contribution in [3.63, 3.8) is 0 Å². The molecule has 0 atom stereocenters. The van der Waals surface area contributed by atoms with Gasteiger partial charge in [-0.2, -0.15) is 0 Å². The SMILES string of the molecule is CN=C(NCCCn1c(C)nc2ccccc21)NCc1ccc(OC)c(OC)c1.I. The van der Waals surface area contributed by atoms with Crippen LogP contribution in [0.4, 0.5) is 0 Å². The smallest absolute Gasteiger partial charge is 0.191 e. The summed E-state index contributed by atoms with van der Waals surface area (Å²) in [6.07, 6.45) is 0.970. The van der Waals surface area contributed by atoms with E-state index in [1.807, 2.05) is 24.3 Å². The first-order chi connectivity index (χ1) is 14.2. The predicted octanol–water partition coefficient (Wildman–Crippen LogP) is 3.74. The molecule has 7 nitrogen and oxygen atoms in total. The maximum Gasteiger partial charge on any atom is 0.191 e. The van der Waals surface area contributed by atoms with Gasteiger partial charge in [-0.3, -0.25) is 4.99 Å². The maximum absolute atomic E-state index is 5.36. The Kier molecular flexibility index (Phi) is 9.22. The highest BCUT2D eigenvalue weighted by molar-refractivity contribution is 14.0. The van der Waals surface area contributed by atoms with Gasteiger partial charge in [-0.05, 0) is 43.2 Å². The Hall–Kier alpha value is -2.49. The minimum atomic E-state index is 0. The zero-order valence-electron chi connectivity index (χ0n) is 17.9. The normalized spacial score (nSPS) is 11.1. The fourth-order valence-electron chi connectivity index (χ4n) is 3.32. The topological polar surface area (TPSA) is 72.7 Å². The zero-order chi connectivity index (χ0) is 20.6. The van der Waals surface area contributed by atoms with E-state index in [2.05, 4.69) is 50.3 Å². The van der Waals surface area contributed by atoms with Gasteiger partial charge in [0, 0.05) is 26.7 Å². The largest absolute Gasteiger partial charge is 0.493 e. The molecule has 0 unspecified atom stereocenters. The summed E-state index contributed by atoms with van der Waals surface area (Å²) >= 11 is 0. The molecular weight excluding hydrogens is 493 g/mol.